The maximum Gasteiger partial charge on any atom is 0.253 e. The monoisotopic (exact) mass is 281 g/mol. The number of hydrogen-bond acceptors (Lipinski definition) is 4. The summed E-state index contributed by atoms with van der Waals surface area (Å²) in [5, 5.41) is 6.03. The first-order valence-corrected chi connectivity index (χ1v) is 7.80. The largest absolute Gasteiger partial charge is 0.386 e. The Balaban J connectivity index is 2.75. The van der Waals surface area contributed by atoms with Crippen LogP contribution in [0.4, 0.5) is 5.69 Å². The SMILES string of the molecule is CCC(CC)(CNC(=O)c1ccncc1NC)SC. The normalized spacial score (nSPS) is 11.2. The number of anilines is 1. The number of hydrogen-bond donors (Lipinski definition) is 2. The Kier molecular flexibility index (Phi) is 6.15. The van der Waals surface area contributed by atoms with Crippen LogP contribution in [-0.4, -0.2) is 35.5 Å². The summed E-state index contributed by atoms with van der Waals surface area (Å²) >= 11 is 1.82. The van der Waals surface area contributed by atoms with Gasteiger partial charge in [0.1, 0.15) is 0 Å². The van der Waals surface area contributed by atoms with E-state index in [1.54, 1.807) is 25.5 Å². The lowest BCUT2D eigenvalue weighted by Crippen LogP contribution is -2.39. The number of thioether (sulfide) groups is 1. The van der Waals surface area contributed by atoms with Crippen molar-refractivity contribution in [3.05, 3.63) is 24.0 Å². The molecule has 0 aliphatic heterocycles. The van der Waals surface area contributed by atoms with E-state index in [1.165, 1.54) is 0 Å². The Morgan fingerprint density at radius 1 is 1.42 bits per heavy atom. The van der Waals surface area contributed by atoms with Crippen LogP contribution in [0.3, 0.4) is 0 Å². The van der Waals surface area contributed by atoms with Gasteiger partial charge in [-0.15, -0.1) is 0 Å². The molecule has 106 valence electrons. The van der Waals surface area contributed by atoms with E-state index in [2.05, 4.69) is 35.7 Å². The third-order valence-corrected chi connectivity index (χ3v) is 5.22. The first-order chi connectivity index (χ1) is 9.12. The van der Waals surface area contributed by atoms with Gasteiger partial charge in [-0.25, -0.2) is 0 Å². The second kappa shape index (κ2) is 7.38. The number of carbonyl (C=O) groups excluding carboxylic acids is 1. The molecule has 2 N–H and O–H groups in total. The van der Waals surface area contributed by atoms with E-state index in [9.17, 15) is 4.79 Å². The summed E-state index contributed by atoms with van der Waals surface area (Å²) in [6.07, 6.45) is 7.48. The van der Waals surface area contributed by atoms with Gasteiger partial charge < -0.3 is 10.6 Å². The average Bonchev–Trinajstić information content (AvgIpc) is 2.49. The predicted molar refractivity (Wildman–Crippen MR) is 82.9 cm³/mol. The fraction of sp³-hybridized carbons (Fsp3) is 0.571. The van der Waals surface area contributed by atoms with E-state index in [0.717, 1.165) is 18.5 Å². The molecule has 19 heavy (non-hydrogen) atoms. The lowest BCUT2D eigenvalue weighted by Gasteiger charge is -2.29. The molecular formula is C14H23N3OS. The highest BCUT2D eigenvalue weighted by molar-refractivity contribution is 8.00. The van der Waals surface area contributed by atoms with Crippen LogP contribution < -0.4 is 10.6 Å². The van der Waals surface area contributed by atoms with Gasteiger partial charge in [-0.3, -0.25) is 9.78 Å². The lowest BCUT2D eigenvalue weighted by molar-refractivity contribution is 0.0949. The zero-order valence-electron chi connectivity index (χ0n) is 12.1. The first-order valence-electron chi connectivity index (χ1n) is 6.57. The van der Waals surface area contributed by atoms with Gasteiger partial charge in [0.2, 0.25) is 0 Å². The molecule has 1 heterocycles. The highest BCUT2D eigenvalue weighted by atomic mass is 32.2. The molecule has 0 unspecified atom stereocenters. The van der Waals surface area contributed by atoms with Crippen LogP contribution in [0, 0.1) is 0 Å². The van der Waals surface area contributed by atoms with Crippen molar-refractivity contribution in [2.75, 3.05) is 25.2 Å². The Hall–Kier alpha value is -1.23. The Bertz CT molecular complexity index is 411. The number of nitrogens with one attached hydrogen (secondary N) is 2. The van der Waals surface area contributed by atoms with E-state index in [-0.39, 0.29) is 10.7 Å². The maximum absolute atomic E-state index is 12.2. The molecule has 1 rings (SSSR count). The molecule has 0 spiro atoms. The van der Waals surface area contributed by atoms with Gasteiger partial charge in [-0.05, 0) is 25.2 Å². The molecule has 0 aliphatic carbocycles. The van der Waals surface area contributed by atoms with Crippen LogP contribution >= 0.6 is 11.8 Å². The van der Waals surface area contributed by atoms with Gasteiger partial charge in [-0.1, -0.05) is 13.8 Å². The summed E-state index contributed by atoms with van der Waals surface area (Å²) in [6.45, 7) is 5.01. The average molecular weight is 281 g/mol. The third kappa shape index (κ3) is 3.86. The van der Waals surface area contributed by atoms with Gasteiger partial charge in [0.15, 0.2) is 0 Å². The highest BCUT2D eigenvalue weighted by Gasteiger charge is 2.25. The number of rotatable bonds is 7. The second-order valence-corrected chi connectivity index (χ2v) is 5.72. The van der Waals surface area contributed by atoms with Crippen LogP contribution in [0.25, 0.3) is 0 Å². The van der Waals surface area contributed by atoms with E-state index in [4.69, 9.17) is 0 Å². The molecule has 5 heteroatoms. The van der Waals surface area contributed by atoms with Gasteiger partial charge in [0.05, 0.1) is 17.4 Å². The molecule has 1 aromatic heterocycles. The summed E-state index contributed by atoms with van der Waals surface area (Å²) < 4.78 is 0.127. The number of nitrogens with zero attached hydrogens (tertiary/aromatic N) is 1. The quantitative estimate of drug-likeness (QED) is 0.807. The number of carbonyl (C=O) groups is 1. The van der Waals surface area contributed by atoms with Crippen LogP contribution in [0.2, 0.25) is 0 Å². The fourth-order valence-electron chi connectivity index (χ4n) is 1.99. The predicted octanol–water partition coefficient (Wildman–Crippen LogP) is 2.77. The Morgan fingerprint density at radius 2 is 2.11 bits per heavy atom. The van der Waals surface area contributed by atoms with Crippen molar-refractivity contribution >= 4 is 23.4 Å². The molecule has 1 aromatic rings. The topological polar surface area (TPSA) is 54.0 Å². The van der Waals surface area contributed by atoms with Crippen LogP contribution in [0.15, 0.2) is 18.5 Å². The smallest absolute Gasteiger partial charge is 0.253 e. The Labute approximate surface area is 119 Å². The molecule has 0 bridgehead atoms. The van der Waals surface area contributed by atoms with Crippen molar-refractivity contribution in [1.29, 1.82) is 0 Å². The lowest BCUT2D eigenvalue weighted by atomic mass is 10.0. The minimum absolute atomic E-state index is 0.0490. The number of aromatic nitrogens is 1. The summed E-state index contributed by atoms with van der Waals surface area (Å²) in [5.74, 6) is -0.0490. The maximum atomic E-state index is 12.2. The van der Waals surface area contributed by atoms with Crippen molar-refractivity contribution < 1.29 is 4.79 Å². The van der Waals surface area contributed by atoms with Crippen LogP contribution in [-0.2, 0) is 0 Å². The van der Waals surface area contributed by atoms with Crippen LogP contribution in [0.1, 0.15) is 37.0 Å². The van der Waals surface area contributed by atoms with E-state index < -0.39 is 0 Å². The number of pyridine rings is 1. The molecule has 0 atom stereocenters. The fourth-order valence-corrected chi connectivity index (χ4v) is 2.78. The molecule has 0 fully saturated rings. The van der Waals surface area contributed by atoms with E-state index in [0.29, 0.717) is 12.1 Å². The minimum Gasteiger partial charge on any atom is -0.386 e. The molecule has 1 amide bonds. The summed E-state index contributed by atoms with van der Waals surface area (Å²) in [5.41, 5.74) is 1.39. The second-order valence-electron chi connectivity index (χ2n) is 4.45. The first kappa shape index (κ1) is 15.8. The molecule has 0 aliphatic rings. The molecule has 0 aromatic carbocycles. The van der Waals surface area contributed by atoms with Crippen LogP contribution in [0.5, 0.6) is 0 Å². The molecule has 4 nitrogen and oxygen atoms in total. The molecule has 0 radical (unpaired) electrons. The zero-order valence-corrected chi connectivity index (χ0v) is 12.9. The van der Waals surface area contributed by atoms with Crippen molar-refractivity contribution in [3.8, 4) is 0 Å². The number of amides is 1. The van der Waals surface area contributed by atoms with Gasteiger partial charge in [0, 0.05) is 24.5 Å². The summed E-state index contributed by atoms with van der Waals surface area (Å²) in [6, 6.07) is 1.74. The summed E-state index contributed by atoms with van der Waals surface area (Å²) in [4.78, 5) is 16.2. The zero-order chi connectivity index (χ0) is 14.3. The van der Waals surface area contributed by atoms with Crippen molar-refractivity contribution in [3.63, 3.8) is 0 Å². The highest BCUT2D eigenvalue weighted by Crippen LogP contribution is 2.29. The summed E-state index contributed by atoms with van der Waals surface area (Å²) in [7, 11) is 1.79. The standard InChI is InChI=1S/C14H23N3OS/c1-5-14(6-2,19-4)10-17-13(18)11-7-8-16-9-12(11)15-3/h7-9,15H,5-6,10H2,1-4H3,(H,17,18). The van der Waals surface area contributed by atoms with Crippen molar-refractivity contribution in [1.82, 2.24) is 10.3 Å². The Morgan fingerprint density at radius 3 is 2.63 bits per heavy atom. The van der Waals surface area contributed by atoms with Crippen molar-refractivity contribution in [2.24, 2.45) is 0 Å². The molecule has 0 saturated carbocycles. The van der Waals surface area contributed by atoms with Gasteiger partial charge >= 0.3 is 0 Å². The minimum atomic E-state index is -0.0490. The molecule has 0 saturated heterocycles. The molecular weight excluding hydrogens is 258 g/mol. The van der Waals surface area contributed by atoms with Gasteiger partial charge in [-0.2, -0.15) is 11.8 Å². The van der Waals surface area contributed by atoms with Gasteiger partial charge in [0.25, 0.3) is 5.91 Å². The third-order valence-electron chi connectivity index (χ3n) is 3.63. The van der Waals surface area contributed by atoms with Crippen molar-refractivity contribution in [2.45, 2.75) is 31.4 Å². The van der Waals surface area contributed by atoms with E-state index in [1.807, 2.05) is 11.8 Å². The van der Waals surface area contributed by atoms with E-state index >= 15 is 0 Å².